The van der Waals surface area contributed by atoms with Crippen molar-refractivity contribution in [2.45, 2.75) is 19.9 Å². The first-order chi connectivity index (χ1) is 15.1. The van der Waals surface area contributed by atoms with Crippen molar-refractivity contribution >= 4 is 22.8 Å². The molecule has 0 atom stereocenters. The van der Waals surface area contributed by atoms with Crippen molar-refractivity contribution in [1.82, 2.24) is 25.2 Å². The van der Waals surface area contributed by atoms with Crippen molar-refractivity contribution in [3.8, 4) is 5.69 Å². The fourth-order valence-electron chi connectivity index (χ4n) is 3.43. The Bertz CT molecular complexity index is 1200. The largest absolute Gasteiger partial charge is 0.352 e. The van der Waals surface area contributed by atoms with Gasteiger partial charge >= 0.3 is 0 Å². The Morgan fingerprint density at radius 1 is 0.968 bits per heavy atom. The normalized spacial score (nSPS) is 10.7. The van der Waals surface area contributed by atoms with Crippen LogP contribution in [-0.4, -0.2) is 32.9 Å². The summed E-state index contributed by atoms with van der Waals surface area (Å²) in [5, 5.41) is 5.63. The van der Waals surface area contributed by atoms with Crippen LogP contribution in [0.3, 0.4) is 0 Å². The van der Waals surface area contributed by atoms with Gasteiger partial charge in [0, 0.05) is 43.2 Å². The number of rotatable bonds is 7. The number of carbonyl (C=O) groups excluding carboxylic acids is 2. The monoisotopic (exact) mass is 413 g/mol. The fraction of sp³-hybridized carbons (Fsp3) is 0.167. The third-order valence-corrected chi connectivity index (χ3v) is 4.98. The Kier molecular flexibility index (Phi) is 6.03. The number of hydrogen-bond donors (Lipinski definition) is 2. The smallest absolute Gasteiger partial charge is 0.251 e. The lowest BCUT2D eigenvalue weighted by Gasteiger charge is -2.08. The van der Waals surface area contributed by atoms with Gasteiger partial charge in [0.25, 0.3) is 5.91 Å². The van der Waals surface area contributed by atoms with E-state index in [9.17, 15) is 9.59 Å². The lowest BCUT2D eigenvalue weighted by molar-refractivity contribution is -0.121. The molecule has 7 heteroatoms. The summed E-state index contributed by atoms with van der Waals surface area (Å²) >= 11 is 0. The maximum absolute atomic E-state index is 12.5. The Morgan fingerprint density at radius 3 is 2.52 bits per heavy atom. The average Bonchev–Trinajstić information content (AvgIpc) is 3.13. The molecule has 0 bridgehead atoms. The molecule has 7 nitrogen and oxygen atoms in total. The van der Waals surface area contributed by atoms with E-state index in [1.807, 2.05) is 55.5 Å². The second-order valence-electron chi connectivity index (χ2n) is 7.17. The van der Waals surface area contributed by atoms with Crippen molar-refractivity contribution in [2.75, 3.05) is 6.54 Å². The number of nitrogens with one attached hydrogen (secondary N) is 2. The summed E-state index contributed by atoms with van der Waals surface area (Å²) in [7, 11) is 0. The molecule has 0 radical (unpaired) electrons. The molecule has 2 aromatic carbocycles. The molecular formula is C24H23N5O2. The molecule has 156 valence electrons. The van der Waals surface area contributed by atoms with E-state index in [-0.39, 0.29) is 24.8 Å². The quantitative estimate of drug-likeness (QED) is 0.487. The number of aryl methyl sites for hydroxylation is 1. The van der Waals surface area contributed by atoms with Gasteiger partial charge in [-0.05, 0) is 55.0 Å². The van der Waals surface area contributed by atoms with Crippen molar-refractivity contribution in [3.05, 3.63) is 90.0 Å². The molecule has 4 rings (SSSR count). The maximum Gasteiger partial charge on any atom is 0.251 e. The number of aromatic nitrogens is 3. The Morgan fingerprint density at radius 2 is 1.74 bits per heavy atom. The lowest BCUT2D eigenvalue weighted by Crippen LogP contribution is -2.30. The van der Waals surface area contributed by atoms with Crippen LogP contribution >= 0.6 is 0 Å². The molecular weight excluding hydrogens is 390 g/mol. The molecule has 31 heavy (non-hydrogen) atoms. The van der Waals surface area contributed by atoms with Gasteiger partial charge in [-0.1, -0.05) is 18.2 Å². The molecule has 0 fully saturated rings. The van der Waals surface area contributed by atoms with Crippen LogP contribution in [0.5, 0.6) is 0 Å². The highest BCUT2D eigenvalue weighted by molar-refractivity contribution is 5.97. The Balaban J connectivity index is 1.35. The number of pyridine rings is 1. The van der Waals surface area contributed by atoms with Gasteiger partial charge in [-0.3, -0.25) is 19.1 Å². The van der Waals surface area contributed by atoms with Crippen molar-refractivity contribution < 1.29 is 9.59 Å². The Hall–Kier alpha value is -4.00. The average molecular weight is 413 g/mol. The third-order valence-electron chi connectivity index (χ3n) is 4.98. The third kappa shape index (κ3) is 4.78. The molecule has 2 N–H and O–H groups in total. The molecule has 0 saturated heterocycles. The molecule has 0 aliphatic carbocycles. The minimum atomic E-state index is -0.226. The van der Waals surface area contributed by atoms with E-state index >= 15 is 0 Å². The predicted molar refractivity (Wildman–Crippen MR) is 119 cm³/mol. The summed E-state index contributed by atoms with van der Waals surface area (Å²) in [5.74, 6) is 0.505. The highest BCUT2D eigenvalue weighted by Gasteiger charge is 2.13. The summed E-state index contributed by atoms with van der Waals surface area (Å²) < 4.78 is 2.06. The number of fused-ring (bicyclic) bond motifs is 1. The van der Waals surface area contributed by atoms with Crippen LogP contribution in [0.25, 0.3) is 16.7 Å². The van der Waals surface area contributed by atoms with Crippen molar-refractivity contribution in [2.24, 2.45) is 0 Å². The second kappa shape index (κ2) is 9.21. The van der Waals surface area contributed by atoms with E-state index in [1.165, 1.54) is 0 Å². The first-order valence-electron chi connectivity index (χ1n) is 10.1. The summed E-state index contributed by atoms with van der Waals surface area (Å²) in [6.07, 6.45) is 3.58. The second-order valence-corrected chi connectivity index (χ2v) is 7.17. The van der Waals surface area contributed by atoms with Crippen LogP contribution in [0, 0.1) is 6.92 Å². The molecule has 4 aromatic rings. The van der Waals surface area contributed by atoms with Crippen molar-refractivity contribution in [3.63, 3.8) is 0 Å². The number of benzene rings is 2. The zero-order chi connectivity index (χ0) is 21.6. The SMILES string of the molecule is Cc1nc2cc(C(=O)NCCC(=O)NCc3ccncc3)ccc2n1-c1ccccc1. The number of para-hydroxylation sites is 1. The summed E-state index contributed by atoms with van der Waals surface area (Å²) in [4.78, 5) is 33.1. The summed E-state index contributed by atoms with van der Waals surface area (Å²) in [6, 6.07) is 19.1. The van der Waals surface area contributed by atoms with E-state index in [2.05, 4.69) is 25.2 Å². The number of hydrogen-bond acceptors (Lipinski definition) is 4. The van der Waals surface area contributed by atoms with Crippen LogP contribution in [0.2, 0.25) is 0 Å². The van der Waals surface area contributed by atoms with Gasteiger partial charge in [0.05, 0.1) is 11.0 Å². The molecule has 0 spiro atoms. The van der Waals surface area contributed by atoms with Gasteiger partial charge in [0.15, 0.2) is 0 Å². The van der Waals surface area contributed by atoms with Crippen LogP contribution < -0.4 is 10.6 Å². The molecule has 2 amide bonds. The van der Waals surface area contributed by atoms with Crippen LogP contribution in [0.4, 0.5) is 0 Å². The summed E-state index contributed by atoms with van der Waals surface area (Å²) in [6.45, 7) is 2.64. The van der Waals surface area contributed by atoms with E-state index < -0.39 is 0 Å². The highest BCUT2D eigenvalue weighted by Crippen LogP contribution is 2.22. The topological polar surface area (TPSA) is 88.9 Å². The number of imidazole rings is 1. The maximum atomic E-state index is 12.5. The first-order valence-corrected chi connectivity index (χ1v) is 10.1. The molecule has 2 heterocycles. The van der Waals surface area contributed by atoms with Gasteiger partial charge < -0.3 is 10.6 Å². The van der Waals surface area contributed by atoms with Crippen LogP contribution in [0.15, 0.2) is 73.1 Å². The van der Waals surface area contributed by atoms with Gasteiger partial charge in [-0.25, -0.2) is 4.98 Å². The molecule has 0 unspecified atom stereocenters. The van der Waals surface area contributed by atoms with Crippen LogP contribution in [-0.2, 0) is 11.3 Å². The van der Waals surface area contributed by atoms with Gasteiger partial charge in [0.1, 0.15) is 5.82 Å². The standard InChI is InChI=1S/C24H23N5O2/c1-17-28-21-15-19(7-8-22(21)29(17)20-5-3-2-4-6-20)24(31)26-14-11-23(30)27-16-18-9-12-25-13-10-18/h2-10,12-13,15H,11,14,16H2,1H3,(H,26,31)(H,27,30). The zero-order valence-electron chi connectivity index (χ0n) is 17.2. The minimum Gasteiger partial charge on any atom is -0.352 e. The number of amides is 2. The van der Waals surface area contributed by atoms with E-state index in [1.54, 1.807) is 24.5 Å². The Labute approximate surface area is 180 Å². The number of carbonyl (C=O) groups is 2. The summed E-state index contributed by atoms with van der Waals surface area (Å²) in [5.41, 5.74) is 4.21. The zero-order valence-corrected chi connectivity index (χ0v) is 17.2. The van der Waals surface area contributed by atoms with Crippen molar-refractivity contribution in [1.29, 1.82) is 0 Å². The van der Waals surface area contributed by atoms with Crippen LogP contribution in [0.1, 0.15) is 28.2 Å². The molecule has 2 aromatic heterocycles. The minimum absolute atomic E-state index is 0.121. The molecule has 0 saturated carbocycles. The molecule has 0 aliphatic rings. The van der Waals surface area contributed by atoms with Gasteiger partial charge in [0.2, 0.25) is 5.91 Å². The lowest BCUT2D eigenvalue weighted by atomic mass is 10.2. The predicted octanol–water partition coefficient (Wildman–Crippen LogP) is 3.17. The van der Waals surface area contributed by atoms with Gasteiger partial charge in [-0.2, -0.15) is 0 Å². The first kappa shape index (κ1) is 20.3. The van der Waals surface area contributed by atoms with Gasteiger partial charge in [-0.15, -0.1) is 0 Å². The molecule has 0 aliphatic heterocycles. The van der Waals surface area contributed by atoms with E-state index in [0.29, 0.717) is 12.1 Å². The highest BCUT2D eigenvalue weighted by atomic mass is 16.2. The number of nitrogens with zero attached hydrogens (tertiary/aromatic N) is 3. The van der Waals surface area contributed by atoms with E-state index in [4.69, 9.17) is 0 Å². The fourth-order valence-corrected chi connectivity index (χ4v) is 3.43. The van der Waals surface area contributed by atoms with E-state index in [0.717, 1.165) is 28.1 Å².